The summed E-state index contributed by atoms with van der Waals surface area (Å²) in [4.78, 5) is 27.3. The standard InChI is InChI=1S/C27H31NO4S2.C3H8O.C2H6/c1-4-20-10-11-21(34-20)17-32-16-19-9-12-23(24(15-19)22-8-6-5-7-18(22)2)26(29)28-25(27(30)31)13-14-33-3;1-3-4-2;1-2/h5-12,15,25H,4,13-14,16-17H2,1-3H3,(H,28,29)(H,30,31);3H2,1-2H3;1-2H3. The summed E-state index contributed by atoms with van der Waals surface area (Å²) < 4.78 is 10.5. The van der Waals surface area contributed by atoms with E-state index in [1.54, 1.807) is 36.3 Å². The van der Waals surface area contributed by atoms with E-state index < -0.39 is 12.0 Å². The van der Waals surface area contributed by atoms with Gasteiger partial charge in [0.25, 0.3) is 5.91 Å². The molecule has 0 saturated heterocycles. The minimum atomic E-state index is -1.02. The number of hydrogen-bond acceptors (Lipinski definition) is 6. The molecule has 220 valence electrons. The Morgan fingerprint density at radius 2 is 1.68 bits per heavy atom. The van der Waals surface area contributed by atoms with Crippen LogP contribution < -0.4 is 5.32 Å². The summed E-state index contributed by atoms with van der Waals surface area (Å²) in [6, 6.07) is 16.8. The molecule has 3 rings (SSSR count). The highest BCUT2D eigenvalue weighted by Gasteiger charge is 2.22. The number of hydrogen-bond donors (Lipinski definition) is 2. The molecule has 0 fully saturated rings. The molecule has 0 radical (unpaired) electrons. The fourth-order valence-electron chi connectivity index (χ4n) is 3.67. The summed E-state index contributed by atoms with van der Waals surface area (Å²) in [6.45, 7) is 11.9. The molecule has 0 bridgehead atoms. The molecule has 1 amide bonds. The van der Waals surface area contributed by atoms with Crippen LogP contribution in [0.1, 0.15) is 65.4 Å². The molecule has 8 heteroatoms. The minimum absolute atomic E-state index is 0.371. The van der Waals surface area contributed by atoms with Crippen LogP contribution in [-0.2, 0) is 33.9 Å². The molecular formula is C32H45NO5S2. The molecule has 3 aromatic rings. The predicted octanol–water partition coefficient (Wildman–Crippen LogP) is 7.62. The maximum Gasteiger partial charge on any atom is 0.326 e. The summed E-state index contributed by atoms with van der Waals surface area (Å²) in [5.41, 5.74) is 4.17. The topological polar surface area (TPSA) is 84.9 Å². The maximum atomic E-state index is 13.2. The molecule has 2 aromatic carbocycles. The number of thioether (sulfide) groups is 1. The minimum Gasteiger partial charge on any atom is -0.480 e. The number of benzene rings is 2. The number of aryl methyl sites for hydroxylation is 2. The van der Waals surface area contributed by atoms with Crippen molar-refractivity contribution >= 4 is 35.0 Å². The first-order valence-corrected chi connectivity index (χ1v) is 15.9. The highest BCUT2D eigenvalue weighted by atomic mass is 32.2. The second-order valence-electron chi connectivity index (χ2n) is 8.63. The van der Waals surface area contributed by atoms with E-state index in [2.05, 4.69) is 29.1 Å². The van der Waals surface area contributed by atoms with Gasteiger partial charge in [0.15, 0.2) is 0 Å². The van der Waals surface area contributed by atoms with Crippen LogP contribution in [0.25, 0.3) is 11.1 Å². The van der Waals surface area contributed by atoms with Gasteiger partial charge in [-0.3, -0.25) is 4.79 Å². The second kappa shape index (κ2) is 20.3. The van der Waals surface area contributed by atoms with Crippen molar-refractivity contribution in [2.45, 2.75) is 66.7 Å². The van der Waals surface area contributed by atoms with Crippen LogP contribution in [0.15, 0.2) is 54.6 Å². The SMILES string of the molecule is CC.CCOC.CCc1ccc(COCc2ccc(C(=O)NC(CCSC)C(=O)O)c(-c3ccccc3C)c2)s1. The Balaban J connectivity index is 0.00000122. The van der Waals surface area contributed by atoms with Gasteiger partial charge in [-0.2, -0.15) is 11.8 Å². The van der Waals surface area contributed by atoms with Crippen LogP contribution in [0.3, 0.4) is 0 Å². The van der Waals surface area contributed by atoms with Gasteiger partial charge in [-0.15, -0.1) is 11.3 Å². The van der Waals surface area contributed by atoms with Crippen LogP contribution in [0.2, 0.25) is 0 Å². The number of amides is 1. The number of carbonyl (C=O) groups is 2. The van der Waals surface area contributed by atoms with E-state index in [4.69, 9.17) is 4.74 Å². The number of carbonyl (C=O) groups excluding carboxylic acids is 1. The zero-order valence-corrected chi connectivity index (χ0v) is 26.5. The molecule has 0 spiro atoms. The Kier molecular flexibility index (Phi) is 17.9. The Morgan fingerprint density at radius 3 is 2.25 bits per heavy atom. The number of carboxylic acids is 1. The third kappa shape index (κ3) is 11.8. The molecule has 6 nitrogen and oxygen atoms in total. The molecule has 2 N–H and O–H groups in total. The molecule has 1 atom stereocenters. The zero-order chi connectivity index (χ0) is 29.9. The van der Waals surface area contributed by atoms with Crippen LogP contribution in [0, 0.1) is 6.92 Å². The van der Waals surface area contributed by atoms with E-state index >= 15 is 0 Å². The number of aliphatic carboxylic acids is 1. The number of carboxylic acid groups (broad SMARTS) is 1. The lowest BCUT2D eigenvalue weighted by Gasteiger charge is -2.17. The fraction of sp³-hybridized carbons (Fsp3) is 0.438. The van der Waals surface area contributed by atoms with Gasteiger partial charge in [0.05, 0.1) is 13.2 Å². The Labute approximate surface area is 248 Å². The fourth-order valence-corrected chi connectivity index (χ4v) is 5.03. The first-order chi connectivity index (χ1) is 19.3. The van der Waals surface area contributed by atoms with Crippen molar-refractivity contribution < 1.29 is 24.2 Å². The summed E-state index contributed by atoms with van der Waals surface area (Å²) in [7, 11) is 1.68. The molecule has 0 aliphatic heterocycles. The highest BCUT2D eigenvalue weighted by molar-refractivity contribution is 7.98. The predicted molar refractivity (Wildman–Crippen MR) is 170 cm³/mol. The number of rotatable bonds is 13. The Morgan fingerprint density at radius 1 is 1.00 bits per heavy atom. The average Bonchev–Trinajstić information content (AvgIpc) is 3.44. The van der Waals surface area contributed by atoms with Gasteiger partial charge in [0.2, 0.25) is 0 Å². The van der Waals surface area contributed by atoms with Gasteiger partial charge in [-0.25, -0.2) is 4.79 Å². The molecule has 40 heavy (non-hydrogen) atoms. The largest absolute Gasteiger partial charge is 0.480 e. The quantitative estimate of drug-likeness (QED) is 0.214. The van der Waals surface area contributed by atoms with Crippen LogP contribution in [0.4, 0.5) is 0 Å². The Hall–Kier alpha value is -2.65. The highest BCUT2D eigenvalue weighted by Crippen LogP contribution is 2.29. The van der Waals surface area contributed by atoms with Crippen molar-refractivity contribution in [1.82, 2.24) is 5.32 Å². The van der Waals surface area contributed by atoms with Gasteiger partial charge >= 0.3 is 5.97 Å². The summed E-state index contributed by atoms with van der Waals surface area (Å²) in [5.74, 6) is -0.753. The molecule has 0 aliphatic rings. The lowest BCUT2D eigenvalue weighted by molar-refractivity contribution is -0.139. The van der Waals surface area contributed by atoms with Crippen LogP contribution in [0.5, 0.6) is 0 Å². The Bertz CT molecular complexity index is 1160. The van der Waals surface area contributed by atoms with Gasteiger partial charge in [0.1, 0.15) is 6.04 Å². The van der Waals surface area contributed by atoms with Crippen molar-refractivity contribution in [3.05, 3.63) is 81.0 Å². The monoisotopic (exact) mass is 587 g/mol. The van der Waals surface area contributed by atoms with Crippen molar-refractivity contribution in [2.75, 3.05) is 25.7 Å². The van der Waals surface area contributed by atoms with E-state index in [1.165, 1.54) is 9.75 Å². The van der Waals surface area contributed by atoms with Gasteiger partial charge in [-0.1, -0.05) is 51.1 Å². The van der Waals surface area contributed by atoms with Crippen molar-refractivity contribution in [3.8, 4) is 11.1 Å². The maximum absolute atomic E-state index is 13.2. The molecule has 1 aromatic heterocycles. The van der Waals surface area contributed by atoms with E-state index in [-0.39, 0.29) is 5.91 Å². The molecule has 1 heterocycles. The van der Waals surface area contributed by atoms with Gasteiger partial charge in [0, 0.05) is 29.0 Å². The number of methoxy groups -OCH3 is 1. The first kappa shape index (κ1) is 35.4. The average molecular weight is 588 g/mol. The summed E-state index contributed by atoms with van der Waals surface area (Å²) in [5, 5.41) is 12.2. The van der Waals surface area contributed by atoms with Crippen molar-refractivity contribution in [2.24, 2.45) is 0 Å². The van der Waals surface area contributed by atoms with Gasteiger partial charge in [-0.05, 0) is 85.2 Å². The molecule has 1 unspecified atom stereocenters. The normalized spacial score (nSPS) is 11.0. The van der Waals surface area contributed by atoms with E-state index in [1.807, 2.05) is 70.3 Å². The molecule has 0 saturated carbocycles. The lowest BCUT2D eigenvalue weighted by atomic mass is 9.93. The third-order valence-corrected chi connectivity index (χ3v) is 7.69. The number of ether oxygens (including phenoxy) is 2. The zero-order valence-electron chi connectivity index (χ0n) is 24.9. The van der Waals surface area contributed by atoms with Crippen LogP contribution in [-0.4, -0.2) is 48.8 Å². The lowest BCUT2D eigenvalue weighted by Crippen LogP contribution is -2.41. The van der Waals surface area contributed by atoms with E-state index in [9.17, 15) is 14.7 Å². The summed E-state index contributed by atoms with van der Waals surface area (Å²) >= 11 is 3.32. The second-order valence-corrected chi connectivity index (χ2v) is 10.9. The van der Waals surface area contributed by atoms with Gasteiger partial charge < -0.3 is 19.9 Å². The van der Waals surface area contributed by atoms with Crippen LogP contribution >= 0.6 is 23.1 Å². The van der Waals surface area contributed by atoms with Crippen molar-refractivity contribution in [3.63, 3.8) is 0 Å². The first-order valence-electron chi connectivity index (χ1n) is 13.7. The smallest absolute Gasteiger partial charge is 0.326 e. The summed E-state index contributed by atoms with van der Waals surface area (Å²) in [6.07, 6.45) is 3.31. The van der Waals surface area contributed by atoms with E-state index in [0.717, 1.165) is 35.3 Å². The molecule has 0 aliphatic carbocycles. The third-order valence-electron chi connectivity index (χ3n) is 5.85. The van der Waals surface area contributed by atoms with E-state index in [0.29, 0.717) is 31.0 Å². The van der Waals surface area contributed by atoms with Crippen molar-refractivity contribution in [1.29, 1.82) is 0 Å². The molecular weight excluding hydrogens is 542 g/mol. The number of nitrogens with one attached hydrogen (secondary N) is 1. The number of thiophene rings is 1.